The van der Waals surface area contributed by atoms with Crippen molar-refractivity contribution in [2.24, 2.45) is 0 Å². The highest BCUT2D eigenvalue weighted by atomic mass is 16.7. The quantitative estimate of drug-likeness (QED) is 0.292. The van der Waals surface area contributed by atoms with E-state index in [0.29, 0.717) is 10.8 Å². The van der Waals surface area contributed by atoms with Crippen molar-refractivity contribution in [3.63, 3.8) is 0 Å². The van der Waals surface area contributed by atoms with Gasteiger partial charge in [-0.05, 0) is 11.5 Å². The maximum Gasteiger partial charge on any atom is 0.345 e. The first-order chi connectivity index (χ1) is 14.3. The van der Waals surface area contributed by atoms with Gasteiger partial charge in [0.1, 0.15) is 22.8 Å². The van der Waals surface area contributed by atoms with Crippen molar-refractivity contribution in [3.8, 4) is 17.2 Å². The van der Waals surface area contributed by atoms with Crippen LogP contribution in [0.4, 0.5) is 0 Å². The predicted molar refractivity (Wildman–Crippen MR) is 105 cm³/mol. The van der Waals surface area contributed by atoms with Crippen LogP contribution in [0, 0.1) is 0 Å². The minimum atomic E-state index is -1.21. The second-order valence-electron chi connectivity index (χ2n) is 6.88. The molecule has 2 N–H and O–H groups in total. The number of phenols is 2. The third-order valence-corrected chi connectivity index (χ3v) is 4.93. The summed E-state index contributed by atoms with van der Waals surface area (Å²) in [6, 6.07) is 8.59. The van der Waals surface area contributed by atoms with Crippen molar-refractivity contribution >= 4 is 39.5 Å². The lowest BCUT2D eigenvalue weighted by Crippen LogP contribution is -2.32. The van der Waals surface area contributed by atoms with Gasteiger partial charge in [-0.3, -0.25) is 9.59 Å². The van der Waals surface area contributed by atoms with E-state index in [-0.39, 0.29) is 46.2 Å². The Bertz CT molecular complexity index is 1230. The Morgan fingerprint density at radius 1 is 1.17 bits per heavy atom. The lowest BCUT2D eigenvalue weighted by molar-refractivity contribution is -0.168. The molecule has 1 aliphatic rings. The molecule has 0 radical (unpaired) electrons. The number of rotatable bonds is 3. The Balaban J connectivity index is 2.02. The van der Waals surface area contributed by atoms with Gasteiger partial charge in [0.2, 0.25) is 0 Å². The first-order valence-electron chi connectivity index (χ1n) is 9.32. The first-order valence-corrected chi connectivity index (χ1v) is 9.32. The molecule has 0 saturated heterocycles. The highest BCUT2D eigenvalue weighted by molar-refractivity contribution is 6.15. The smallest absolute Gasteiger partial charge is 0.345 e. The summed E-state index contributed by atoms with van der Waals surface area (Å²) in [4.78, 5) is 35.9. The Morgan fingerprint density at radius 3 is 2.60 bits per heavy atom. The molecule has 8 nitrogen and oxygen atoms in total. The van der Waals surface area contributed by atoms with E-state index >= 15 is 0 Å². The van der Waals surface area contributed by atoms with Crippen LogP contribution in [-0.2, 0) is 25.5 Å². The topological polar surface area (TPSA) is 119 Å². The van der Waals surface area contributed by atoms with E-state index in [4.69, 9.17) is 14.2 Å². The van der Waals surface area contributed by atoms with Gasteiger partial charge in [-0.15, -0.1) is 0 Å². The molecule has 0 aromatic heterocycles. The van der Waals surface area contributed by atoms with E-state index in [1.165, 1.54) is 6.92 Å². The maximum atomic E-state index is 12.6. The number of ether oxygens (including phenoxy) is 3. The van der Waals surface area contributed by atoms with Crippen molar-refractivity contribution in [3.05, 3.63) is 41.5 Å². The van der Waals surface area contributed by atoms with Gasteiger partial charge >= 0.3 is 17.9 Å². The molecule has 30 heavy (non-hydrogen) atoms. The summed E-state index contributed by atoms with van der Waals surface area (Å²) in [7, 11) is 0. The number of phenolic OH excluding ortho intramolecular Hbond substituents is 2. The van der Waals surface area contributed by atoms with E-state index < -0.39 is 29.9 Å². The molecule has 0 saturated carbocycles. The van der Waals surface area contributed by atoms with Gasteiger partial charge in [-0.1, -0.05) is 31.2 Å². The number of fused-ring (bicyclic) bond motifs is 3. The van der Waals surface area contributed by atoms with Gasteiger partial charge in [0, 0.05) is 29.7 Å². The minimum absolute atomic E-state index is 0.0149. The van der Waals surface area contributed by atoms with E-state index in [0.717, 1.165) is 0 Å². The number of carbonyl (C=O) groups is 3. The van der Waals surface area contributed by atoms with Crippen LogP contribution >= 0.6 is 0 Å². The highest BCUT2D eigenvalue weighted by Gasteiger charge is 2.36. The summed E-state index contributed by atoms with van der Waals surface area (Å²) >= 11 is 0. The zero-order chi connectivity index (χ0) is 21.6. The van der Waals surface area contributed by atoms with Crippen LogP contribution in [0.1, 0.15) is 36.2 Å². The SMILES string of the molecule is CCC(=O)OC1Cc2c(c(O)c3c(OC(C)=O)c4ccccc4cc3c2O)C(=O)O1. The summed E-state index contributed by atoms with van der Waals surface area (Å²) in [6.07, 6.45) is -1.25. The monoisotopic (exact) mass is 410 g/mol. The summed E-state index contributed by atoms with van der Waals surface area (Å²) in [5.41, 5.74) is -0.165. The fourth-order valence-electron chi connectivity index (χ4n) is 3.64. The first kappa shape index (κ1) is 19.5. The van der Waals surface area contributed by atoms with E-state index in [9.17, 15) is 24.6 Å². The molecule has 3 aromatic rings. The molecule has 4 rings (SSSR count). The standard InChI is InChI=1S/C22H18O8/c1-3-15(24)29-16-9-14-18(22(27)30-16)20(26)17-13(19(14)25)8-11-6-4-5-7-12(11)21(17)28-10(2)23/h4-8,16,25-26H,3,9H2,1-2H3. The van der Waals surface area contributed by atoms with Gasteiger partial charge in [0.15, 0.2) is 0 Å². The second-order valence-corrected chi connectivity index (χ2v) is 6.88. The average molecular weight is 410 g/mol. The molecule has 1 unspecified atom stereocenters. The van der Waals surface area contributed by atoms with Crippen molar-refractivity contribution in [2.75, 3.05) is 0 Å². The van der Waals surface area contributed by atoms with Crippen molar-refractivity contribution in [1.29, 1.82) is 0 Å². The third kappa shape index (κ3) is 3.06. The fraction of sp³-hybridized carbons (Fsp3) is 0.227. The molecular weight excluding hydrogens is 392 g/mol. The summed E-state index contributed by atoms with van der Waals surface area (Å²) < 4.78 is 15.6. The molecule has 0 spiro atoms. The van der Waals surface area contributed by atoms with E-state index in [1.807, 2.05) is 0 Å². The number of hydrogen-bond donors (Lipinski definition) is 2. The van der Waals surface area contributed by atoms with Gasteiger partial charge in [-0.2, -0.15) is 0 Å². The van der Waals surface area contributed by atoms with Crippen LogP contribution in [-0.4, -0.2) is 34.4 Å². The Labute approximate surface area is 170 Å². The number of hydrogen-bond acceptors (Lipinski definition) is 8. The number of aromatic hydroxyl groups is 2. The highest BCUT2D eigenvalue weighted by Crippen LogP contribution is 2.48. The number of carbonyl (C=O) groups excluding carboxylic acids is 3. The van der Waals surface area contributed by atoms with Crippen molar-refractivity contribution in [2.45, 2.75) is 33.0 Å². The predicted octanol–water partition coefficient (Wildman–Crippen LogP) is 3.32. The summed E-state index contributed by atoms with van der Waals surface area (Å²) in [5.74, 6) is -2.89. The van der Waals surface area contributed by atoms with Crippen LogP contribution in [0.15, 0.2) is 30.3 Å². The molecular formula is C22H18O8. The molecule has 1 aliphatic heterocycles. The lowest BCUT2D eigenvalue weighted by atomic mass is 9.91. The van der Waals surface area contributed by atoms with Gasteiger partial charge < -0.3 is 24.4 Å². The van der Waals surface area contributed by atoms with Crippen LogP contribution in [0.25, 0.3) is 21.5 Å². The third-order valence-electron chi connectivity index (χ3n) is 4.93. The second kappa shape index (κ2) is 7.22. The van der Waals surface area contributed by atoms with Crippen LogP contribution in [0.3, 0.4) is 0 Å². The Morgan fingerprint density at radius 2 is 1.90 bits per heavy atom. The van der Waals surface area contributed by atoms with Crippen molar-refractivity contribution < 1.29 is 38.8 Å². The van der Waals surface area contributed by atoms with E-state index in [1.54, 1.807) is 37.3 Å². The molecule has 154 valence electrons. The average Bonchev–Trinajstić information content (AvgIpc) is 2.70. The molecule has 0 fully saturated rings. The molecule has 0 amide bonds. The zero-order valence-corrected chi connectivity index (χ0v) is 16.2. The summed E-state index contributed by atoms with van der Waals surface area (Å²) in [5, 5.41) is 23.3. The maximum absolute atomic E-state index is 12.6. The molecule has 1 heterocycles. The van der Waals surface area contributed by atoms with Gasteiger partial charge in [-0.25, -0.2) is 4.79 Å². The normalized spacial score (nSPS) is 15.5. The molecule has 0 aliphatic carbocycles. The zero-order valence-electron chi connectivity index (χ0n) is 16.2. The van der Waals surface area contributed by atoms with Crippen LogP contribution < -0.4 is 4.74 Å². The van der Waals surface area contributed by atoms with E-state index in [2.05, 4.69) is 0 Å². The molecule has 3 aromatic carbocycles. The van der Waals surface area contributed by atoms with Gasteiger partial charge in [0.05, 0.1) is 11.8 Å². The molecule has 8 heteroatoms. The number of esters is 3. The Hall–Kier alpha value is -3.81. The van der Waals surface area contributed by atoms with Crippen LogP contribution in [0.5, 0.6) is 17.2 Å². The largest absolute Gasteiger partial charge is 0.507 e. The molecule has 1 atom stereocenters. The fourth-order valence-corrected chi connectivity index (χ4v) is 3.64. The summed E-state index contributed by atoms with van der Waals surface area (Å²) in [6.45, 7) is 2.81. The minimum Gasteiger partial charge on any atom is -0.507 e. The van der Waals surface area contributed by atoms with Crippen molar-refractivity contribution in [1.82, 2.24) is 0 Å². The number of cyclic esters (lactones) is 1. The van der Waals surface area contributed by atoms with Crippen LogP contribution in [0.2, 0.25) is 0 Å². The lowest BCUT2D eigenvalue weighted by Gasteiger charge is -2.26. The van der Waals surface area contributed by atoms with Gasteiger partial charge in [0.25, 0.3) is 6.29 Å². The Kier molecular flexibility index (Phi) is 4.69. The number of benzene rings is 3. The molecule has 0 bridgehead atoms.